The lowest BCUT2D eigenvalue weighted by Crippen LogP contribution is -2.38. The minimum Gasteiger partial charge on any atom is -0.504 e. The van der Waals surface area contributed by atoms with Crippen LogP contribution in [0.15, 0.2) is 12.1 Å². The number of carbonyl (C=O) groups excluding carboxylic acids is 1. The van der Waals surface area contributed by atoms with Crippen molar-refractivity contribution in [3.63, 3.8) is 0 Å². The third kappa shape index (κ3) is 2.73. The van der Waals surface area contributed by atoms with Gasteiger partial charge in [0.25, 0.3) is 5.91 Å². The van der Waals surface area contributed by atoms with Crippen LogP contribution in [-0.2, 0) is 12.8 Å². The minimum absolute atomic E-state index is 0.0249. The van der Waals surface area contributed by atoms with E-state index < -0.39 is 6.17 Å². The Morgan fingerprint density at radius 2 is 2.16 bits per heavy atom. The largest absolute Gasteiger partial charge is 0.504 e. The smallest absolute Gasteiger partial charge is 0.256 e. The molecule has 0 saturated heterocycles. The molecule has 0 spiro atoms. The number of hydrogen-bond donors (Lipinski definition) is 3. The lowest BCUT2D eigenvalue weighted by molar-refractivity contribution is 0.0934. The van der Waals surface area contributed by atoms with Crippen LogP contribution in [0.25, 0.3) is 0 Å². The predicted octanol–water partition coefficient (Wildman–Crippen LogP) is 4.09. The average molecular weight is 379 g/mol. The molecule has 5 nitrogen and oxygen atoms in total. The average Bonchev–Trinajstić information content (AvgIpc) is 2.94. The third-order valence-corrected chi connectivity index (χ3v) is 6.29. The van der Waals surface area contributed by atoms with Gasteiger partial charge in [0.15, 0.2) is 11.5 Å². The summed E-state index contributed by atoms with van der Waals surface area (Å²) in [6.07, 6.45) is 2.52. The second-order valence-electron chi connectivity index (χ2n) is 6.65. The highest BCUT2D eigenvalue weighted by Gasteiger charge is 2.34. The highest BCUT2D eigenvalue weighted by Crippen LogP contribution is 2.44. The van der Waals surface area contributed by atoms with Gasteiger partial charge in [-0.05, 0) is 36.8 Å². The van der Waals surface area contributed by atoms with Crippen LogP contribution in [0, 0.1) is 5.92 Å². The number of benzene rings is 1. The number of phenolic OH excluding ortho intramolecular Hbond substituents is 1. The number of carbonyl (C=O) groups is 1. The van der Waals surface area contributed by atoms with E-state index in [1.807, 2.05) is 0 Å². The molecule has 7 heteroatoms. The molecule has 4 rings (SSSR count). The zero-order valence-corrected chi connectivity index (χ0v) is 15.6. The van der Waals surface area contributed by atoms with Crippen molar-refractivity contribution in [1.82, 2.24) is 5.32 Å². The molecule has 1 amide bonds. The first kappa shape index (κ1) is 16.5. The Morgan fingerprint density at radius 1 is 1.36 bits per heavy atom. The number of halogens is 1. The van der Waals surface area contributed by atoms with Crippen LogP contribution in [0.4, 0.5) is 5.00 Å². The van der Waals surface area contributed by atoms with Gasteiger partial charge in [0.05, 0.1) is 12.7 Å². The first-order valence-corrected chi connectivity index (χ1v) is 9.45. The normalized spacial score (nSPS) is 21.8. The maximum Gasteiger partial charge on any atom is 0.256 e. The molecule has 1 aromatic heterocycles. The van der Waals surface area contributed by atoms with E-state index in [1.165, 1.54) is 17.6 Å². The van der Waals surface area contributed by atoms with E-state index in [2.05, 4.69) is 17.6 Å². The number of phenols is 1. The van der Waals surface area contributed by atoms with Gasteiger partial charge in [-0.25, -0.2) is 0 Å². The fourth-order valence-corrected chi connectivity index (χ4v) is 5.24. The molecule has 0 unspecified atom stereocenters. The van der Waals surface area contributed by atoms with Crippen molar-refractivity contribution in [3.05, 3.63) is 38.7 Å². The number of methoxy groups -OCH3 is 1. The minimum atomic E-state index is -0.551. The maximum absolute atomic E-state index is 12.7. The van der Waals surface area contributed by atoms with Gasteiger partial charge < -0.3 is 20.5 Å². The number of amides is 1. The lowest BCUT2D eigenvalue weighted by Gasteiger charge is -2.28. The predicted molar refractivity (Wildman–Crippen MR) is 99.0 cm³/mol. The van der Waals surface area contributed by atoms with E-state index in [1.54, 1.807) is 23.5 Å². The second-order valence-corrected chi connectivity index (χ2v) is 8.19. The number of ether oxygens (including phenoxy) is 1. The summed E-state index contributed by atoms with van der Waals surface area (Å²) in [7, 11) is 1.47. The molecule has 2 aromatic rings. The molecule has 2 heterocycles. The number of anilines is 1. The zero-order chi connectivity index (χ0) is 17.7. The monoisotopic (exact) mass is 378 g/mol. The van der Waals surface area contributed by atoms with Crippen LogP contribution >= 0.6 is 22.9 Å². The van der Waals surface area contributed by atoms with Gasteiger partial charge in [0, 0.05) is 21.5 Å². The summed E-state index contributed by atoms with van der Waals surface area (Å²) in [5.74, 6) is 0.795. The van der Waals surface area contributed by atoms with Gasteiger partial charge in [0.2, 0.25) is 0 Å². The molecule has 132 valence electrons. The van der Waals surface area contributed by atoms with E-state index in [-0.39, 0.29) is 17.4 Å². The Balaban J connectivity index is 1.73. The number of aromatic hydroxyl groups is 1. The zero-order valence-electron chi connectivity index (χ0n) is 14.0. The quantitative estimate of drug-likeness (QED) is 0.736. The van der Waals surface area contributed by atoms with Gasteiger partial charge in [-0.2, -0.15) is 0 Å². The fourth-order valence-electron chi connectivity index (χ4n) is 3.59. The van der Waals surface area contributed by atoms with E-state index in [0.717, 1.165) is 29.8 Å². The summed E-state index contributed by atoms with van der Waals surface area (Å²) < 4.78 is 5.16. The van der Waals surface area contributed by atoms with Crippen molar-refractivity contribution in [3.8, 4) is 11.5 Å². The summed E-state index contributed by atoms with van der Waals surface area (Å²) >= 11 is 7.77. The topological polar surface area (TPSA) is 70.6 Å². The van der Waals surface area contributed by atoms with Crippen molar-refractivity contribution in [2.45, 2.75) is 32.4 Å². The van der Waals surface area contributed by atoms with Gasteiger partial charge in [-0.1, -0.05) is 18.5 Å². The first-order valence-electron chi connectivity index (χ1n) is 8.26. The molecule has 25 heavy (non-hydrogen) atoms. The number of hydrogen-bond acceptors (Lipinski definition) is 5. The maximum atomic E-state index is 12.7. The molecule has 0 bridgehead atoms. The Kier molecular flexibility index (Phi) is 4.04. The standard InChI is InChI=1S/C18H19ClN2O3S/c1-8-3-4-10-13(5-8)25-18-14(10)17(23)20-16(21-18)11-6-9(19)7-12(24-2)15(11)22/h6-8,16,21-22H,3-5H2,1-2H3,(H,20,23)/t8-,16+/m0/s1. The van der Waals surface area contributed by atoms with Crippen molar-refractivity contribution in [1.29, 1.82) is 0 Å². The van der Waals surface area contributed by atoms with E-state index in [4.69, 9.17) is 16.3 Å². The number of nitrogens with one attached hydrogen (secondary N) is 2. The summed E-state index contributed by atoms with van der Waals surface area (Å²) in [5.41, 5.74) is 2.43. The Morgan fingerprint density at radius 3 is 2.92 bits per heavy atom. The number of thiophene rings is 1. The molecule has 1 aliphatic carbocycles. The molecule has 0 fully saturated rings. The van der Waals surface area contributed by atoms with Crippen LogP contribution in [0.3, 0.4) is 0 Å². The summed E-state index contributed by atoms with van der Waals surface area (Å²) in [6.45, 7) is 2.24. The molecule has 0 radical (unpaired) electrons. The summed E-state index contributed by atoms with van der Waals surface area (Å²) in [5, 5.41) is 18.0. The number of fused-ring (bicyclic) bond motifs is 3. The van der Waals surface area contributed by atoms with E-state index in [0.29, 0.717) is 16.5 Å². The van der Waals surface area contributed by atoms with Crippen LogP contribution in [0.1, 0.15) is 45.9 Å². The van der Waals surface area contributed by atoms with Crippen LogP contribution < -0.4 is 15.4 Å². The van der Waals surface area contributed by atoms with Crippen LogP contribution in [0.5, 0.6) is 11.5 Å². The summed E-state index contributed by atoms with van der Waals surface area (Å²) in [6, 6.07) is 3.18. The first-order chi connectivity index (χ1) is 12.0. The SMILES string of the molecule is COc1cc(Cl)cc([C@@H]2NC(=O)c3c(sc4c3CC[C@H](C)C4)N2)c1O. The van der Waals surface area contributed by atoms with Crippen molar-refractivity contribution in [2.24, 2.45) is 5.92 Å². The van der Waals surface area contributed by atoms with E-state index >= 15 is 0 Å². The van der Waals surface area contributed by atoms with Gasteiger partial charge in [-0.15, -0.1) is 11.3 Å². The third-order valence-electron chi connectivity index (χ3n) is 4.89. The molecular weight excluding hydrogens is 360 g/mol. The van der Waals surface area contributed by atoms with E-state index in [9.17, 15) is 9.90 Å². The second kappa shape index (κ2) is 6.11. The molecule has 1 aliphatic heterocycles. The van der Waals surface area contributed by atoms with Gasteiger partial charge in [-0.3, -0.25) is 4.79 Å². The molecule has 2 aliphatic rings. The molecule has 3 N–H and O–H groups in total. The molecule has 0 saturated carbocycles. The Labute approximate surface area is 155 Å². The molecule has 2 atom stereocenters. The lowest BCUT2D eigenvalue weighted by atomic mass is 9.88. The molecule has 1 aromatic carbocycles. The summed E-state index contributed by atoms with van der Waals surface area (Å²) in [4.78, 5) is 14.0. The van der Waals surface area contributed by atoms with Crippen molar-refractivity contribution < 1.29 is 14.6 Å². The van der Waals surface area contributed by atoms with Crippen LogP contribution in [0.2, 0.25) is 5.02 Å². The highest BCUT2D eigenvalue weighted by molar-refractivity contribution is 7.16. The Hall–Kier alpha value is -1.92. The van der Waals surface area contributed by atoms with Gasteiger partial charge in [0.1, 0.15) is 11.2 Å². The van der Waals surface area contributed by atoms with Gasteiger partial charge >= 0.3 is 0 Å². The fraction of sp³-hybridized carbons (Fsp3) is 0.389. The molecular formula is C18H19ClN2O3S. The van der Waals surface area contributed by atoms with Crippen molar-refractivity contribution in [2.75, 3.05) is 12.4 Å². The van der Waals surface area contributed by atoms with Crippen molar-refractivity contribution >= 4 is 33.8 Å². The number of rotatable bonds is 2. The Bertz CT molecular complexity index is 864. The highest BCUT2D eigenvalue weighted by atomic mass is 35.5. The van der Waals surface area contributed by atoms with Crippen LogP contribution in [-0.4, -0.2) is 18.1 Å².